The molecular formula is C13H19N3O4S. The van der Waals surface area contributed by atoms with Gasteiger partial charge in [0.15, 0.2) is 0 Å². The Morgan fingerprint density at radius 3 is 2.38 bits per heavy atom. The molecule has 0 aromatic heterocycles. The molecule has 0 unspecified atom stereocenters. The van der Waals surface area contributed by atoms with Crippen molar-refractivity contribution in [1.29, 1.82) is 0 Å². The lowest BCUT2D eigenvalue weighted by Gasteiger charge is -2.33. The van der Waals surface area contributed by atoms with Crippen molar-refractivity contribution in [2.24, 2.45) is 0 Å². The van der Waals surface area contributed by atoms with Crippen LogP contribution in [0.2, 0.25) is 0 Å². The van der Waals surface area contributed by atoms with E-state index < -0.39 is 10.0 Å². The van der Waals surface area contributed by atoms with Crippen LogP contribution in [0.1, 0.15) is 10.4 Å². The highest BCUT2D eigenvalue weighted by Crippen LogP contribution is 2.21. The highest BCUT2D eigenvalue weighted by Gasteiger charge is 2.27. The zero-order valence-corrected chi connectivity index (χ0v) is 12.9. The molecule has 0 atom stereocenters. The molecule has 2 rings (SSSR count). The Morgan fingerprint density at radius 1 is 1.24 bits per heavy atom. The number of carbonyl (C=O) groups excluding carboxylic acids is 1. The van der Waals surface area contributed by atoms with E-state index in [1.165, 1.54) is 17.7 Å². The van der Waals surface area contributed by atoms with E-state index in [2.05, 4.69) is 0 Å². The summed E-state index contributed by atoms with van der Waals surface area (Å²) in [6.45, 7) is 1.30. The topological polar surface area (TPSA) is 92.9 Å². The van der Waals surface area contributed by atoms with E-state index in [1.54, 1.807) is 23.1 Å². The zero-order chi connectivity index (χ0) is 15.6. The molecule has 8 heteroatoms. The van der Waals surface area contributed by atoms with E-state index >= 15 is 0 Å². The van der Waals surface area contributed by atoms with Crippen molar-refractivity contribution in [2.45, 2.75) is 0 Å². The Balaban J connectivity index is 2.12. The first kappa shape index (κ1) is 15.6. The summed E-state index contributed by atoms with van der Waals surface area (Å²) in [5.41, 5.74) is 6.60. The van der Waals surface area contributed by atoms with E-state index in [9.17, 15) is 13.2 Å². The molecule has 0 aliphatic carbocycles. The molecule has 0 saturated carbocycles. The fourth-order valence-corrected chi connectivity index (χ4v) is 3.07. The van der Waals surface area contributed by atoms with E-state index in [0.717, 1.165) is 0 Å². The maximum atomic E-state index is 12.5. The summed E-state index contributed by atoms with van der Waals surface area (Å²) in [5, 5.41) is 0. The minimum atomic E-state index is -3.21. The lowest BCUT2D eigenvalue weighted by atomic mass is 10.1. The molecule has 1 saturated heterocycles. The van der Waals surface area contributed by atoms with Crippen molar-refractivity contribution >= 4 is 21.6 Å². The van der Waals surface area contributed by atoms with Gasteiger partial charge in [-0.05, 0) is 18.2 Å². The molecule has 0 radical (unpaired) electrons. The number of benzene rings is 1. The third kappa shape index (κ3) is 3.45. The third-order valence-electron chi connectivity index (χ3n) is 3.49. The number of amides is 1. The second-order valence-corrected chi connectivity index (χ2v) is 6.89. The highest BCUT2D eigenvalue weighted by molar-refractivity contribution is 7.88. The van der Waals surface area contributed by atoms with Gasteiger partial charge in [-0.1, -0.05) is 0 Å². The second kappa shape index (κ2) is 5.90. The molecule has 1 heterocycles. The smallest absolute Gasteiger partial charge is 0.256 e. The van der Waals surface area contributed by atoms with Gasteiger partial charge in [0.05, 0.1) is 18.9 Å². The molecule has 1 aromatic rings. The number of hydrogen-bond donors (Lipinski definition) is 1. The summed E-state index contributed by atoms with van der Waals surface area (Å²) < 4.78 is 29.4. The van der Waals surface area contributed by atoms with Gasteiger partial charge in [-0.2, -0.15) is 4.31 Å². The van der Waals surface area contributed by atoms with Crippen LogP contribution in [0.3, 0.4) is 0 Å². The predicted octanol–water partition coefficient (Wildman–Crippen LogP) is -0.00520. The van der Waals surface area contributed by atoms with Gasteiger partial charge in [0.1, 0.15) is 5.75 Å². The van der Waals surface area contributed by atoms with E-state index in [4.69, 9.17) is 10.5 Å². The number of hydrogen-bond acceptors (Lipinski definition) is 5. The second-order valence-electron chi connectivity index (χ2n) is 4.91. The Hall–Kier alpha value is -1.80. The predicted molar refractivity (Wildman–Crippen MR) is 79.7 cm³/mol. The summed E-state index contributed by atoms with van der Waals surface area (Å²) in [7, 11) is -1.69. The molecular weight excluding hydrogens is 294 g/mol. The van der Waals surface area contributed by atoms with Crippen LogP contribution in [0.4, 0.5) is 5.69 Å². The summed E-state index contributed by atoms with van der Waals surface area (Å²) in [4.78, 5) is 14.1. The first-order valence-electron chi connectivity index (χ1n) is 6.51. The summed E-state index contributed by atoms with van der Waals surface area (Å²) in [5.74, 6) is 0.349. The largest absolute Gasteiger partial charge is 0.497 e. The minimum Gasteiger partial charge on any atom is -0.497 e. The molecule has 1 aromatic carbocycles. The minimum absolute atomic E-state index is 0.209. The molecule has 1 fully saturated rings. The van der Waals surface area contributed by atoms with Crippen LogP contribution in [-0.2, 0) is 10.0 Å². The Labute approximate surface area is 124 Å². The summed E-state index contributed by atoms with van der Waals surface area (Å²) in [6.07, 6.45) is 1.17. The van der Waals surface area contributed by atoms with Crippen LogP contribution in [0.25, 0.3) is 0 Å². The Bertz CT molecular complexity index is 637. The molecule has 116 valence electrons. The maximum Gasteiger partial charge on any atom is 0.256 e. The number of carbonyl (C=O) groups is 1. The molecule has 1 amide bonds. The number of nitrogens with two attached hydrogens (primary N) is 1. The summed E-state index contributed by atoms with van der Waals surface area (Å²) >= 11 is 0. The number of ether oxygens (including phenoxy) is 1. The van der Waals surface area contributed by atoms with Crippen molar-refractivity contribution < 1.29 is 17.9 Å². The monoisotopic (exact) mass is 313 g/mol. The number of sulfonamides is 1. The SMILES string of the molecule is COc1ccc(N)c(C(=O)N2CCN(S(C)(=O)=O)CC2)c1. The normalized spacial score (nSPS) is 16.8. The van der Waals surface area contributed by atoms with Gasteiger partial charge in [-0.15, -0.1) is 0 Å². The average Bonchev–Trinajstić information content (AvgIpc) is 2.46. The van der Waals surface area contributed by atoms with Crippen LogP contribution in [-0.4, -0.2) is 63.1 Å². The molecule has 0 bridgehead atoms. The quantitative estimate of drug-likeness (QED) is 0.793. The Morgan fingerprint density at radius 2 is 1.86 bits per heavy atom. The molecule has 7 nitrogen and oxygen atoms in total. The van der Waals surface area contributed by atoms with Crippen molar-refractivity contribution in [3.05, 3.63) is 23.8 Å². The van der Waals surface area contributed by atoms with Gasteiger partial charge in [-0.3, -0.25) is 4.79 Å². The number of nitrogen functional groups attached to an aromatic ring is 1. The zero-order valence-electron chi connectivity index (χ0n) is 12.1. The number of methoxy groups -OCH3 is 1. The average molecular weight is 313 g/mol. The molecule has 1 aliphatic rings. The molecule has 1 aliphatic heterocycles. The van der Waals surface area contributed by atoms with Crippen LogP contribution < -0.4 is 10.5 Å². The van der Waals surface area contributed by atoms with Crippen LogP contribution in [0.15, 0.2) is 18.2 Å². The fraction of sp³-hybridized carbons (Fsp3) is 0.462. The number of nitrogens with zero attached hydrogens (tertiary/aromatic N) is 2. The van der Waals surface area contributed by atoms with E-state index in [1.807, 2.05) is 0 Å². The summed E-state index contributed by atoms with van der Waals surface area (Å²) in [6, 6.07) is 4.91. The number of piperazine rings is 1. The number of anilines is 1. The number of rotatable bonds is 3. The third-order valence-corrected chi connectivity index (χ3v) is 4.79. The van der Waals surface area contributed by atoms with Gasteiger partial charge in [0.25, 0.3) is 5.91 Å². The van der Waals surface area contributed by atoms with Gasteiger partial charge in [-0.25, -0.2) is 8.42 Å². The van der Waals surface area contributed by atoms with Crippen LogP contribution >= 0.6 is 0 Å². The Kier molecular flexibility index (Phi) is 4.38. The van der Waals surface area contributed by atoms with Crippen molar-refractivity contribution in [1.82, 2.24) is 9.21 Å². The van der Waals surface area contributed by atoms with Gasteiger partial charge < -0.3 is 15.4 Å². The lowest BCUT2D eigenvalue weighted by Crippen LogP contribution is -2.50. The molecule has 21 heavy (non-hydrogen) atoms. The first-order valence-corrected chi connectivity index (χ1v) is 8.35. The molecule has 2 N–H and O–H groups in total. The standard InChI is InChI=1S/C13H19N3O4S/c1-20-10-3-4-12(14)11(9-10)13(17)15-5-7-16(8-6-15)21(2,18)19/h3-4,9H,5-8,14H2,1-2H3. The first-order chi connectivity index (χ1) is 9.82. The van der Waals surface area contributed by atoms with Crippen LogP contribution in [0, 0.1) is 0 Å². The van der Waals surface area contributed by atoms with Crippen molar-refractivity contribution in [2.75, 3.05) is 45.3 Å². The molecule has 0 spiro atoms. The fourth-order valence-electron chi connectivity index (χ4n) is 2.24. The maximum absolute atomic E-state index is 12.5. The van der Waals surface area contributed by atoms with E-state index in [0.29, 0.717) is 43.2 Å². The van der Waals surface area contributed by atoms with Crippen LogP contribution in [0.5, 0.6) is 5.75 Å². The lowest BCUT2D eigenvalue weighted by molar-refractivity contribution is 0.0699. The highest BCUT2D eigenvalue weighted by atomic mass is 32.2. The van der Waals surface area contributed by atoms with Gasteiger partial charge in [0.2, 0.25) is 10.0 Å². The van der Waals surface area contributed by atoms with Crippen molar-refractivity contribution in [3.8, 4) is 5.75 Å². The van der Waals surface area contributed by atoms with E-state index in [-0.39, 0.29) is 5.91 Å². The van der Waals surface area contributed by atoms with Gasteiger partial charge >= 0.3 is 0 Å². The van der Waals surface area contributed by atoms with Gasteiger partial charge in [0, 0.05) is 31.9 Å². The van der Waals surface area contributed by atoms with Crippen molar-refractivity contribution in [3.63, 3.8) is 0 Å².